The first-order valence-electron chi connectivity index (χ1n) is 8.90. The highest BCUT2D eigenvalue weighted by atomic mass is 16.7. The van der Waals surface area contributed by atoms with E-state index in [2.05, 4.69) is 19.9 Å². The van der Waals surface area contributed by atoms with Gasteiger partial charge in [0.15, 0.2) is 6.23 Å². The number of nitrogens with zero attached hydrogens (tertiary/aromatic N) is 3. The minimum Gasteiger partial charge on any atom is -0.435 e. The zero-order valence-electron chi connectivity index (χ0n) is 15.0. The lowest BCUT2D eigenvalue weighted by Gasteiger charge is -2.13. The van der Waals surface area contributed by atoms with Crippen molar-refractivity contribution in [2.24, 2.45) is 0 Å². The summed E-state index contributed by atoms with van der Waals surface area (Å²) < 4.78 is 12.2. The maximum absolute atomic E-state index is 11.6. The van der Waals surface area contributed by atoms with Gasteiger partial charge in [-0.3, -0.25) is 5.32 Å². The van der Waals surface area contributed by atoms with E-state index in [9.17, 15) is 4.79 Å². The number of benzene rings is 1. The first-order chi connectivity index (χ1) is 13.2. The van der Waals surface area contributed by atoms with Gasteiger partial charge in [-0.1, -0.05) is 30.3 Å². The van der Waals surface area contributed by atoms with Crippen molar-refractivity contribution in [2.75, 3.05) is 18.9 Å². The normalized spacial score (nSPS) is 19.3. The van der Waals surface area contributed by atoms with Crippen LogP contribution in [0.3, 0.4) is 0 Å². The lowest BCUT2D eigenvalue weighted by atomic mass is 10.1. The molecular formula is C19H21N5O3. The molecule has 4 rings (SSSR count). The molecule has 1 aliphatic rings. The Morgan fingerprint density at radius 1 is 1.33 bits per heavy atom. The summed E-state index contributed by atoms with van der Waals surface area (Å²) >= 11 is 0. The molecule has 0 amide bonds. The average Bonchev–Trinajstić information content (AvgIpc) is 3.28. The van der Waals surface area contributed by atoms with E-state index in [1.54, 1.807) is 6.92 Å². The van der Waals surface area contributed by atoms with Gasteiger partial charge in [0.05, 0.1) is 18.0 Å². The van der Waals surface area contributed by atoms with E-state index >= 15 is 0 Å². The molecule has 1 aromatic carbocycles. The molecule has 2 atom stereocenters. The molecule has 1 fully saturated rings. The molecular weight excluding hydrogens is 346 g/mol. The number of aromatic nitrogens is 3. The van der Waals surface area contributed by atoms with Crippen molar-refractivity contribution in [2.45, 2.75) is 25.6 Å². The zero-order valence-corrected chi connectivity index (χ0v) is 15.0. The van der Waals surface area contributed by atoms with Crippen molar-refractivity contribution >= 4 is 23.0 Å². The summed E-state index contributed by atoms with van der Waals surface area (Å²) in [5.74, 6) is 0.447. The minimum absolute atomic E-state index is 0.0682. The second kappa shape index (κ2) is 7.24. The van der Waals surface area contributed by atoms with Crippen molar-refractivity contribution in [1.29, 1.82) is 0 Å². The topological polar surface area (TPSA) is 104 Å². The Morgan fingerprint density at radius 3 is 2.93 bits per heavy atom. The predicted molar refractivity (Wildman–Crippen MR) is 101 cm³/mol. The highest BCUT2D eigenvalue weighted by Crippen LogP contribution is 2.35. The van der Waals surface area contributed by atoms with Crippen LogP contribution >= 0.6 is 0 Å². The van der Waals surface area contributed by atoms with Crippen LogP contribution in [0.4, 0.5) is 10.6 Å². The zero-order chi connectivity index (χ0) is 18.8. The molecule has 2 aromatic heterocycles. The van der Waals surface area contributed by atoms with Crippen LogP contribution in [-0.4, -0.2) is 40.1 Å². The third-order valence-corrected chi connectivity index (χ3v) is 4.68. The number of hydrogen-bond acceptors (Lipinski definition) is 7. The number of hydrogen-bond donors (Lipinski definition) is 2. The number of anilines is 1. The molecule has 0 radical (unpaired) electrons. The highest BCUT2D eigenvalue weighted by Gasteiger charge is 2.30. The van der Waals surface area contributed by atoms with E-state index in [0.29, 0.717) is 18.8 Å². The number of ether oxygens (including phenoxy) is 2. The van der Waals surface area contributed by atoms with Crippen LogP contribution in [0, 0.1) is 0 Å². The summed E-state index contributed by atoms with van der Waals surface area (Å²) in [7, 11) is 0. The van der Waals surface area contributed by atoms with Crippen molar-refractivity contribution in [3.63, 3.8) is 0 Å². The molecule has 8 heteroatoms. The van der Waals surface area contributed by atoms with Gasteiger partial charge in [0, 0.05) is 24.7 Å². The molecule has 3 N–H and O–H groups in total. The van der Waals surface area contributed by atoms with Gasteiger partial charge >= 0.3 is 6.16 Å². The number of carbonyl (C=O) groups is 1. The van der Waals surface area contributed by atoms with Gasteiger partial charge in [0.2, 0.25) is 0 Å². The maximum Gasteiger partial charge on any atom is 0.509 e. The van der Waals surface area contributed by atoms with E-state index in [1.165, 1.54) is 6.33 Å². The lowest BCUT2D eigenvalue weighted by molar-refractivity contribution is 0.0205. The van der Waals surface area contributed by atoms with Crippen LogP contribution < -0.4 is 11.1 Å². The fraction of sp³-hybridized carbons (Fsp3) is 0.316. The standard InChI is InChI=1S/C19H21N5O3/c1-2-26-19(25)27-15-8-13(9-21-15)24-10-14(12-6-4-3-5-7-12)16-17(20)22-11-23-18(16)24/h3-7,10-11,13,15,21H,2,8-9H2,1H3,(H2,20,22,23)/t13-,15+/m0/s1. The summed E-state index contributed by atoms with van der Waals surface area (Å²) in [6.45, 7) is 2.67. The molecule has 0 bridgehead atoms. The number of rotatable bonds is 4. The molecule has 27 heavy (non-hydrogen) atoms. The fourth-order valence-corrected chi connectivity index (χ4v) is 3.47. The Kier molecular flexibility index (Phi) is 4.64. The summed E-state index contributed by atoms with van der Waals surface area (Å²) in [5, 5.41) is 4.04. The number of nitrogens with one attached hydrogen (secondary N) is 1. The summed E-state index contributed by atoms with van der Waals surface area (Å²) in [6.07, 6.45) is 3.07. The SMILES string of the molecule is CCOC(=O)O[C@@H]1C[C@H](n2cc(-c3ccccc3)c3c(N)ncnc32)CN1. The summed E-state index contributed by atoms with van der Waals surface area (Å²) in [4.78, 5) is 20.2. The first-order valence-corrected chi connectivity index (χ1v) is 8.90. The van der Waals surface area contributed by atoms with Gasteiger partial charge in [0.25, 0.3) is 0 Å². The van der Waals surface area contributed by atoms with Crippen LogP contribution in [-0.2, 0) is 9.47 Å². The molecule has 1 saturated heterocycles. The monoisotopic (exact) mass is 367 g/mol. The molecule has 8 nitrogen and oxygen atoms in total. The smallest absolute Gasteiger partial charge is 0.435 e. The molecule has 0 unspecified atom stereocenters. The Hall–Kier alpha value is -3.13. The Labute approximate surface area is 156 Å². The van der Waals surface area contributed by atoms with Crippen LogP contribution in [0.5, 0.6) is 0 Å². The number of fused-ring (bicyclic) bond motifs is 1. The molecule has 0 spiro atoms. The summed E-state index contributed by atoms with van der Waals surface area (Å²) in [6, 6.07) is 10.1. The van der Waals surface area contributed by atoms with Crippen LogP contribution in [0.1, 0.15) is 19.4 Å². The van der Waals surface area contributed by atoms with Crippen LogP contribution in [0.2, 0.25) is 0 Å². The molecule has 0 saturated carbocycles. The third kappa shape index (κ3) is 3.31. The minimum atomic E-state index is -0.662. The quantitative estimate of drug-likeness (QED) is 0.683. The van der Waals surface area contributed by atoms with E-state index in [-0.39, 0.29) is 12.6 Å². The van der Waals surface area contributed by atoms with E-state index < -0.39 is 12.4 Å². The third-order valence-electron chi connectivity index (χ3n) is 4.68. The van der Waals surface area contributed by atoms with Crippen molar-refractivity contribution in [1.82, 2.24) is 19.9 Å². The highest BCUT2D eigenvalue weighted by molar-refractivity contribution is 6.00. The van der Waals surface area contributed by atoms with Gasteiger partial charge in [0.1, 0.15) is 17.8 Å². The molecule has 140 valence electrons. The summed E-state index contributed by atoms with van der Waals surface area (Å²) in [5.41, 5.74) is 8.97. The van der Waals surface area contributed by atoms with Crippen molar-refractivity contribution < 1.29 is 14.3 Å². The number of nitrogens with two attached hydrogens (primary N) is 1. The van der Waals surface area contributed by atoms with Gasteiger partial charge < -0.3 is 19.8 Å². The fourth-order valence-electron chi connectivity index (χ4n) is 3.47. The lowest BCUT2D eigenvalue weighted by Crippen LogP contribution is -2.27. The van der Waals surface area contributed by atoms with Gasteiger partial charge in [-0.2, -0.15) is 0 Å². The number of carbonyl (C=O) groups excluding carboxylic acids is 1. The van der Waals surface area contributed by atoms with Gasteiger partial charge in [-0.05, 0) is 12.5 Å². The van der Waals surface area contributed by atoms with Crippen LogP contribution in [0.15, 0.2) is 42.9 Å². The van der Waals surface area contributed by atoms with E-state index in [1.807, 2.05) is 36.5 Å². The van der Waals surface area contributed by atoms with E-state index in [0.717, 1.165) is 22.2 Å². The second-order valence-corrected chi connectivity index (χ2v) is 6.36. The van der Waals surface area contributed by atoms with Crippen molar-refractivity contribution in [3.05, 3.63) is 42.9 Å². The predicted octanol–water partition coefficient (Wildman–Crippen LogP) is 2.71. The second-order valence-electron chi connectivity index (χ2n) is 6.36. The van der Waals surface area contributed by atoms with Gasteiger partial charge in [-0.25, -0.2) is 14.8 Å². The molecule has 3 aromatic rings. The molecule has 3 heterocycles. The van der Waals surface area contributed by atoms with Crippen LogP contribution in [0.25, 0.3) is 22.2 Å². The first kappa shape index (κ1) is 17.3. The molecule has 0 aliphatic carbocycles. The van der Waals surface area contributed by atoms with Crippen molar-refractivity contribution in [3.8, 4) is 11.1 Å². The van der Waals surface area contributed by atoms with Gasteiger partial charge in [-0.15, -0.1) is 0 Å². The number of nitrogen functional groups attached to an aromatic ring is 1. The molecule has 1 aliphatic heterocycles. The Bertz CT molecular complexity index is 957. The Morgan fingerprint density at radius 2 is 2.15 bits per heavy atom. The Balaban J connectivity index is 1.67. The van der Waals surface area contributed by atoms with E-state index in [4.69, 9.17) is 15.2 Å². The maximum atomic E-state index is 11.6. The average molecular weight is 367 g/mol. The largest absolute Gasteiger partial charge is 0.509 e.